The van der Waals surface area contributed by atoms with Crippen molar-refractivity contribution >= 4 is 0 Å². The Bertz CT molecular complexity index is 162. The summed E-state index contributed by atoms with van der Waals surface area (Å²) >= 11 is 0. The molecule has 12 heavy (non-hydrogen) atoms. The number of nitrogens with zero attached hydrogens (tertiary/aromatic N) is 2. The molecule has 0 saturated carbocycles. The molecule has 0 radical (unpaired) electrons. The standard InChI is InChI=1S/C10H20N2/c1-6-9(7-11)8-12(5)10(2,3)4/h9H,6,8H2,1-5H3. The van der Waals surface area contributed by atoms with E-state index in [0.717, 1.165) is 13.0 Å². The second kappa shape index (κ2) is 4.47. The lowest BCUT2D eigenvalue weighted by Gasteiger charge is -2.33. The fourth-order valence-electron chi connectivity index (χ4n) is 0.866. The van der Waals surface area contributed by atoms with Crippen molar-refractivity contribution in [2.75, 3.05) is 13.6 Å². The molecule has 0 aliphatic heterocycles. The highest BCUT2D eigenvalue weighted by Gasteiger charge is 2.19. The third kappa shape index (κ3) is 3.73. The second-order valence-electron chi connectivity index (χ2n) is 4.29. The molecule has 0 aliphatic carbocycles. The van der Waals surface area contributed by atoms with Gasteiger partial charge >= 0.3 is 0 Å². The van der Waals surface area contributed by atoms with E-state index < -0.39 is 0 Å². The smallest absolute Gasteiger partial charge is 0.0669 e. The maximum atomic E-state index is 8.76. The van der Waals surface area contributed by atoms with Gasteiger partial charge < -0.3 is 4.90 Å². The minimum absolute atomic E-state index is 0.171. The fraction of sp³-hybridized carbons (Fsp3) is 0.900. The van der Waals surface area contributed by atoms with E-state index in [1.807, 2.05) is 0 Å². The topological polar surface area (TPSA) is 27.0 Å². The van der Waals surface area contributed by atoms with E-state index in [-0.39, 0.29) is 11.5 Å². The average molecular weight is 168 g/mol. The normalized spacial score (nSPS) is 14.4. The Kier molecular flexibility index (Phi) is 4.26. The van der Waals surface area contributed by atoms with Crippen molar-refractivity contribution in [3.05, 3.63) is 0 Å². The van der Waals surface area contributed by atoms with E-state index in [0.29, 0.717) is 0 Å². The van der Waals surface area contributed by atoms with E-state index in [2.05, 4.69) is 45.7 Å². The Morgan fingerprint density at radius 2 is 1.92 bits per heavy atom. The van der Waals surface area contributed by atoms with Crippen LogP contribution in [0.1, 0.15) is 34.1 Å². The minimum atomic E-state index is 0.171. The van der Waals surface area contributed by atoms with Crippen molar-refractivity contribution in [3.8, 4) is 6.07 Å². The zero-order valence-corrected chi connectivity index (χ0v) is 8.89. The maximum absolute atomic E-state index is 8.76. The Hall–Kier alpha value is -0.550. The highest BCUT2D eigenvalue weighted by molar-refractivity contribution is 4.86. The first-order valence-electron chi connectivity index (χ1n) is 4.52. The molecule has 0 aromatic rings. The molecule has 0 heterocycles. The molecule has 0 N–H and O–H groups in total. The van der Waals surface area contributed by atoms with Crippen LogP contribution < -0.4 is 0 Å². The van der Waals surface area contributed by atoms with Crippen LogP contribution in [0.3, 0.4) is 0 Å². The lowest BCUT2D eigenvalue weighted by molar-refractivity contribution is 0.159. The number of rotatable bonds is 3. The highest BCUT2D eigenvalue weighted by Crippen LogP contribution is 2.13. The van der Waals surface area contributed by atoms with Gasteiger partial charge in [-0.3, -0.25) is 0 Å². The van der Waals surface area contributed by atoms with Crippen LogP contribution >= 0.6 is 0 Å². The van der Waals surface area contributed by atoms with Gasteiger partial charge in [-0.15, -0.1) is 0 Å². The minimum Gasteiger partial charge on any atom is -0.300 e. The molecule has 0 bridgehead atoms. The molecule has 0 aromatic carbocycles. The van der Waals surface area contributed by atoms with Gasteiger partial charge in [0.25, 0.3) is 0 Å². The van der Waals surface area contributed by atoms with Crippen molar-refractivity contribution in [2.45, 2.75) is 39.7 Å². The molecule has 70 valence electrons. The molecule has 2 heteroatoms. The van der Waals surface area contributed by atoms with Gasteiger partial charge in [0, 0.05) is 12.1 Å². The zero-order chi connectivity index (χ0) is 9.78. The van der Waals surface area contributed by atoms with Crippen LogP contribution in [0.4, 0.5) is 0 Å². The Balaban J connectivity index is 4.01. The second-order valence-corrected chi connectivity index (χ2v) is 4.29. The molecule has 0 spiro atoms. The molecule has 0 aliphatic rings. The molecule has 1 atom stereocenters. The van der Waals surface area contributed by atoms with Gasteiger partial charge in [0.2, 0.25) is 0 Å². The molecule has 0 saturated heterocycles. The summed E-state index contributed by atoms with van der Waals surface area (Å²) in [5, 5.41) is 8.76. The number of nitriles is 1. The summed E-state index contributed by atoms with van der Waals surface area (Å²) in [7, 11) is 2.07. The summed E-state index contributed by atoms with van der Waals surface area (Å²) in [4.78, 5) is 2.23. The third-order valence-corrected chi connectivity index (χ3v) is 2.31. The van der Waals surface area contributed by atoms with Gasteiger partial charge in [-0.2, -0.15) is 5.26 Å². The lowest BCUT2D eigenvalue weighted by atomic mass is 10.0. The van der Waals surface area contributed by atoms with Gasteiger partial charge in [0.05, 0.1) is 12.0 Å². The maximum Gasteiger partial charge on any atom is 0.0669 e. The molecule has 2 nitrogen and oxygen atoms in total. The largest absolute Gasteiger partial charge is 0.300 e. The van der Waals surface area contributed by atoms with Crippen molar-refractivity contribution in [2.24, 2.45) is 5.92 Å². The van der Waals surface area contributed by atoms with Crippen LogP contribution in [0.5, 0.6) is 0 Å². The van der Waals surface area contributed by atoms with Gasteiger partial charge in [-0.25, -0.2) is 0 Å². The van der Waals surface area contributed by atoms with Gasteiger partial charge in [-0.1, -0.05) is 6.92 Å². The highest BCUT2D eigenvalue weighted by atomic mass is 15.2. The van der Waals surface area contributed by atoms with Gasteiger partial charge in [0.1, 0.15) is 0 Å². The Morgan fingerprint density at radius 3 is 2.17 bits per heavy atom. The molecule has 1 unspecified atom stereocenters. The first-order valence-corrected chi connectivity index (χ1v) is 4.52. The summed E-state index contributed by atoms with van der Waals surface area (Å²) in [6.07, 6.45) is 0.941. The summed E-state index contributed by atoms with van der Waals surface area (Å²) < 4.78 is 0. The quantitative estimate of drug-likeness (QED) is 0.646. The van der Waals surface area contributed by atoms with Crippen LogP contribution in [0.25, 0.3) is 0 Å². The number of hydrogen-bond acceptors (Lipinski definition) is 2. The SMILES string of the molecule is CCC(C#N)CN(C)C(C)(C)C. The summed E-state index contributed by atoms with van der Waals surface area (Å²) in [6, 6.07) is 2.31. The molecule has 0 amide bonds. The Morgan fingerprint density at radius 1 is 1.42 bits per heavy atom. The van der Waals surface area contributed by atoms with E-state index in [1.165, 1.54) is 0 Å². The number of hydrogen-bond donors (Lipinski definition) is 0. The fourth-order valence-corrected chi connectivity index (χ4v) is 0.866. The van der Waals surface area contributed by atoms with E-state index in [1.54, 1.807) is 0 Å². The van der Waals surface area contributed by atoms with E-state index in [4.69, 9.17) is 5.26 Å². The predicted octanol–water partition coefficient (Wildman–Crippen LogP) is 2.27. The van der Waals surface area contributed by atoms with Crippen LogP contribution in [0.15, 0.2) is 0 Å². The summed E-state index contributed by atoms with van der Waals surface area (Å²) in [6.45, 7) is 9.42. The van der Waals surface area contributed by atoms with Crippen LogP contribution in [-0.4, -0.2) is 24.0 Å². The Labute approximate surface area is 76.2 Å². The van der Waals surface area contributed by atoms with Crippen LogP contribution in [0.2, 0.25) is 0 Å². The lowest BCUT2D eigenvalue weighted by Crippen LogP contribution is -2.40. The third-order valence-electron chi connectivity index (χ3n) is 2.31. The van der Waals surface area contributed by atoms with Crippen molar-refractivity contribution in [1.82, 2.24) is 4.90 Å². The van der Waals surface area contributed by atoms with Crippen LogP contribution in [0, 0.1) is 17.2 Å². The van der Waals surface area contributed by atoms with Crippen molar-refractivity contribution in [1.29, 1.82) is 5.26 Å². The zero-order valence-electron chi connectivity index (χ0n) is 8.89. The average Bonchev–Trinajstić information content (AvgIpc) is 1.97. The van der Waals surface area contributed by atoms with Gasteiger partial charge in [0.15, 0.2) is 0 Å². The first kappa shape index (κ1) is 11.4. The first-order chi connectivity index (χ1) is 5.41. The van der Waals surface area contributed by atoms with Gasteiger partial charge in [-0.05, 0) is 34.2 Å². The van der Waals surface area contributed by atoms with E-state index in [9.17, 15) is 0 Å². The van der Waals surface area contributed by atoms with Crippen molar-refractivity contribution in [3.63, 3.8) is 0 Å². The molecular formula is C10H20N2. The predicted molar refractivity (Wildman–Crippen MR) is 51.8 cm³/mol. The summed E-state index contributed by atoms with van der Waals surface area (Å²) in [5.41, 5.74) is 0.171. The van der Waals surface area contributed by atoms with Crippen LogP contribution in [-0.2, 0) is 0 Å². The molecule has 0 rings (SSSR count). The molecule has 0 aromatic heterocycles. The monoisotopic (exact) mass is 168 g/mol. The summed E-state index contributed by atoms with van der Waals surface area (Å²) in [5.74, 6) is 0.175. The van der Waals surface area contributed by atoms with Crippen molar-refractivity contribution < 1.29 is 0 Å². The molecular weight excluding hydrogens is 148 g/mol. The molecule has 0 fully saturated rings. The van der Waals surface area contributed by atoms with E-state index >= 15 is 0 Å².